The van der Waals surface area contributed by atoms with Crippen molar-refractivity contribution in [3.63, 3.8) is 0 Å². The predicted molar refractivity (Wildman–Crippen MR) is 125 cm³/mol. The highest BCUT2D eigenvalue weighted by atomic mass is 127. The van der Waals surface area contributed by atoms with Gasteiger partial charge in [-0.05, 0) is 19.4 Å². The van der Waals surface area contributed by atoms with Gasteiger partial charge in [-0.3, -0.25) is 4.99 Å². The van der Waals surface area contributed by atoms with Crippen LogP contribution in [-0.2, 0) is 11.3 Å². The zero-order valence-electron chi connectivity index (χ0n) is 16.8. The Hall–Kier alpha value is -1.19. The Bertz CT molecular complexity index is 692. The Morgan fingerprint density at radius 3 is 2.63 bits per heavy atom. The lowest BCUT2D eigenvalue weighted by Crippen LogP contribution is -2.38. The van der Waals surface area contributed by atoms with Gasteiger partial charge in [-0.1, -0.05) is 37.3 Å². The minimum Gasteiger partial charge on any atom is -0.375 e. The standard InChI is InChI=1S/C20H30N4OS.HI/c1-6-21-20(22-12-15(2)17-10-8-7-9-11-17)24(4)13-18-14-26-19(23-18)16(3)25-5;/h7-11,14-16H,6,12-13H2,1-5H3,(H,21,22);1H. The number of halogens is 1. The van der Waals surface area contributed by atoms with E-state index in [9.17, 15) is 0 Å². The van der Waals surface area contributed by atoms with Crippen molar-refractivity contribution >= 4 is 41.3 Å². The molecule has 7 heteroatoms. The lowest BCUT2D eigenvalue weighted by atomic mass is 10.0. The van der Waals surface area contributed by atoms with Gasteiger partial charge in [-0.2, -0.15) is 0 Å². The van der Waals surface area contributed by atoms with Crippen LogP contribution in [-0.4, -0.2) is 43.1 Å². The molecule has 0 aliphatic rings. The molecule has 0 amide bonds. The van der Waals surface area contributed by atoms with E-state index in [1.165, 1.54) is 5.56 Å². The van der Waals surface area contributed by atoms with Crippen molar-refractivity contribution in [2.24, 2.45) is 4.99 Å². The van der Waals surface area contributed by atoms with E-state index < -0.39 is 0 Å². The van der Waals surface area contributed by atoms with Crippen LogP contribution >= 0.6 is 35.3 Å². The Morgan fingerprint density at radius 2 is 2.00 bits per heavy atom. The van der Waals surface area contributed by atoms with Gasteiger partial charge in [0, 0.05) is 38.5 Å². The molecule has 0 bridgehead atoms. The van der Waals surface area contributed by atoms with E-state index in [4.69, 9.17) is 9.73 Å². The van der Waals surface area contributed by atoms with Crippen molar-refractivity contribution in [1.82, 2.24) is 15.2 Å². The first-order chi connectivity index (χ1) is 12.5. The third-order valence-electron chi connectivity index (χ3n) is 4.25. The fourth-order valence-electron chi connectivity index (χ4n) is 2.58. The quantitative estimate of drug-likeness (QED) is 0.324. The van der Waals surface area contributed by atoms with E-state index in [0.29, 0.717) is 5.92 Å². The third kappa shape index (κ3) is 7.38. The number of benzene rings is 1. The number of aliphatic imine (C=N–C) groups is 1. The molecule has 1 N–H and O–H groups in total. The molecule has 0 saturated carbocycles. The number of methoxy groups -OCH3 is 1. The molecule has 2 rings (SSSR count). The molecule has 0 radical (unpaired) electrons. The van der Waals surface area contributed by atoms with E-state index >= 15 is 0 Å². The van der Waals surface area contributed by atoms with Crippen molar-refractivity contribution in [2.75, 3.05) is 27.2 Å². The van der Waals surface area contributed by atoms with E-state index in [2.05, 4.69) is 58.7 Å². The number of rotatable bonds is 8. The van der Waals surface area contributed by atoms with Gasteiger partial charge in [0.1, 0.15) is 11.1 Å². The summed E-state index contributed by atoms with van der Waals surface area (Å²) in [5.41, 5.74) is 2.35. The summed E-state index contributed by atoms with van der Waals surface area (Å²) in [6.45, 7) is 8.62. The van der Waals surface area contributed by atoms with Crippen molar-refractivity contribution in [3.8, 4) is 0 Å². The van der Waals surface area contributed by atoms with Crippen molar-refractivity contribution in [3.05, 3.63) is 52.0 Å². The number of hydrogen-bond acceptors (Lipinski definition) is 4. The molecule has 2 aromatic rings. The summed E-state index contributed by atoms with van der Waals surface area (Å²) in [5.74, 6) is 1.29. The Balaban J connectivity index is 0.00000364. The number of hydrogen-bond donors (Lipinski definition) is 1. The van der Waals surface area contributed by atoms with Gasteiger partial charge in [-0.25, -0.2) is 4.98 Å². The van der Waals surface area contributed by atoms with E-state index in [1.807, 2.05) is 20.0 Å². The second kappa shape index (κ2) is 12.3. The Labute approximate surface area is 184 Å². The van der Waals surface area contributed by atoms with Gasteiger partial charge >= 0.3 is 0 Å². The zero-order chi connectivity index (χ0) is 18.9. The van der Waals surface area contributed by atoms with Gasteiger partial charge in [0.15, 0.2) is 5.96 Å². The Morgan fingerprint density at radius 1 is 1.30 bits per heavy atom. The molecule has 0 fully saturated rings. The first-order valence-corrected chi connectivity index (χ1v) is 9.94. The number of nitrogens with zero attached hydrogens (tertiary/aromatic N) is 3. The van der Waals surface area contributed by atoms with Crippen LogP contribution in [0.4, 0.5) is 0 Å². The van der Waals surface area contributed by atoms with E-state index in [0.717, 1.165) is 36.3 Å². The van der Waals surface area contributed by atoms with E-state index in [-0.39, 0.29) is 30.1 Å². The summed E-state index contributed by atoms with van der Waals surface area (Å²) in [6.07, 6.45) is 0.0349. The summed E-state index contributed by atoms with van der Waals surface area (Å²) in [7, 11) is 3.76. The maximum atomic E-state index is 5.35. The maximum absolute atomic E-state index is 5.35. The first-order valence-electron chi connectivity index (χ1n) is 9.06. The minimum absolute atomic E-state index is 0. The number of ether oxygens (including phenoxy) is 1. The normalized spacial score (nSPS) is 13.6. The molecule has 5 nitrogen and oxygen atoms in total. The second-order valence-corrected chi connectivity index (χ2v) is 7.31. The highest BCUT2D eigenvalue weighted by molar-refractivity contribution is 14.0. The smallest absolute Gasteiger partial charge is 0.194 e. The fourth-order valence-corrected chi connectivity index (χ4v) is 3.42. The van der Waals surface area contributed by atoms with Crippen LogP contribution < -0.4 is 5.32 Å². The van der Waals surface area contributed by atoms with Crippen LogP contribution in [0.25, 0.3) is 0 Å². The van der Waals surface area contributed by atoms with Crippen LogP contribution in [0.15, 0.2) is 40.7 Å². The van der Waals surface area contributed by atoms with Crippen molar-refractivity contribution in [1.29, 1.82) is 0 Å². The molecule has 2 atom stereocenters. The highest BCUT2D eigenvalue weighted by Crippen LogP contribution is 2.21. The highest BCUT2D eigenvalue weighted by Gasteiger charge is 2.13. The third-order valence-corrected chi connectivity index (χ3v) is 5.30. The molecule has 150 valence electrons. The Kier molecular flexibility index (Phi) is 10.9. The van der Waals surface area contributed by atoms with Gasteiger partial charge in [0.05, 0.1) is 12.2 Å². The fraction of sp³-hybridized carbons (Fsp3) is 0.500. The lowest BCUT2D eigenvalue weighted by Gasteiger charge is -2.22. The van der Waals surface area contributed by atoms with Crippen molar-refractivity contribution in [2.45, 2.75) is 39.3 Å². The van der Waals surface area contributed by atoms with Crippen LogP contribution in [0, 0.1) is 0 Å². The minimum atomic E-state index is 0. The lowest BCUT2D eigenvalue weighted by molar-refractivity contribution is 0.119. The molecule has 2 unspecified atom stereocenters. The molecule has 0 saturated heterocycles. The topological polar surface area (TPSA) is 49.8 Å². The molecule has 0 aliphatic heterocycles. The van der Waals surface area contributed by atoms with Gasteiger partial charge in [-0.15, -0.1) is 35.3 Å². The average Bonchev–Trinajstić information content (AvgIpc) is 3.13. The SMILES string of the molecule is CCNC(=NCC(C)c1ccccc1)N(C)Cc1csc(C(C)OC)n1.I. The number of thiazole rings is 1. The molecule has 1 aromatic carbocycles. The van der Waals surface area contributed by atoms with Crippen LogP contribution in [0.2, 0.25) is 0 Å². The molecule has 1 aromatic heterocycles. The van der Waals surface area contributed by atoms with Crippen molar-refractivity contribution < 1.29 is 4.74 Å². The van der Waals surface area contributed by atoms with Crippen LogP contribution in [0.1, 0.15) is 49.1 Å². The van der Waals surface area contributed by atoms with Crippen LogP contribution in [0.3, 0.4) is 0 Å². The number of nitrogens with one attached hydrogen (secondary N) is 1. The summed E-state index contributed by atoms with van der Waals surface area (Å²) in [6, 6.07) is 10.5. The molecule has 0 aliphatic carbocycles. The largest absolute Gasteiger partial charge is 0.375 e. The van der Waals surface area contributed by atoms with Gasteiger partial charge < -0.3 is 15.0 Å². The molecule has 0 spiro atoms. The average molecular weight is 502 g/mol. The number of guanidine groups is 1. The monoisotopic (exact) mass is 502 g/mol. The summed E-state index contributed by atoms with van der Waals surface area (Å²) in [5, 5.41) is 6.48. The summed E-state index contributed by atoms with van der Waals surface area (Å²) < 4.78 is 5.35. The molecular weight excluding hydrogens is 471 g/mol. The summed E-state index contributed by atoms with van der Waals surface area (Å²) in [4.78, 5) is 11.6. The molecule has 1 heterocycles. The summed E-state index contributed by atoms with van der Waals surface area (Å²) >= 11 is 1.64. The second-order valence-electron chi connectivity index (χ2n) is 6.42. The zero-order valence-corrected chi connectivity index (χ0v) is 20.0. The first kappa shape index (κ1) is 23.8. The van der Waals surface area contributed by atoms with Crippen LogP contribution in [0.5, 0.6) is 0 Å². The van der Waals surface area contributed by atoms with Gasteiger partial charge in [0.2, 0.25) is 0 Å². The molecular formula is C20H31IN4OS. The van der Waals surface area contributed by atoms with Gasteiger partial charge in [0.25, 0.3) is 0 Å². The molecule has 27 heavy (non-hydrogen) atoms. The predicted octanol–water partition coefficient (Wildman–Crippen LogP) is 4.67. The maximum Gasteiger partial charge on any atom is 0.194 e. The van der Waals surface area contributed by atoms with E-state index in [1.54, 1.807) is 18.4 Å². The number of aromatic nitrogens is 1.